The molecule has 1 aromatic rings. The maximum absolute atomic E-state index is 9.18. The molecule has 1 aliphatic heterocycles. The van der Waals surface area contributed by atoms with Crippen LogP contribution in [0, 0.1) is 28.6 Å². The number of hydrogen-bond donors (Lipinski definition) is 3. The maximum Gasteiger partial charge on any atom is 0.101 e. The van der Waals surface area contributed by atoms with Crippen LogP contribution in [0.15, 0.2) is 18.2 Å². The standard InChI is InChI=1S/C15H19ClN6/c1-22(14-5-4-11(16)7-10(14)8-17)6-2-3-13-12(9-18)15(19)21-20-13/h4-5,7,12-13,15,20-21H,2-3,6,19H2,1H3. The zero-order valence-electron chi connectivity index (χ0n) is 12.4. The zero-order chi connectivity index (χ0) is 16.1. The summed E-state index contributed by atoms with van der Waals surface area (Å²) in [6.07, 6.45) is 1.39. The van der Waals surface area contributed by atoms with Crippen LogP contribution in [-0.4, -0.2) is 25.8 Å². The number of halogens is 1. The third kappa shape index (κ3) is 3.68. The Bertz CT molecular complexity index is 605. The Hall–Kier alpha value is -1.83. The second-order valence-electron chi connectivity index (χ2n) is 5.41. The van der Waals surface area contributed by atoms with E-state index in [9.17, 15) is 5.26 Å². The van der Waals surface area contributed by atoms with E-state index in [1.165, 1.54) is 0 Å². The first-order valence-corrected chi connectivity index (χ1v) is 7.51. The Balaban J connectivity index is 1.90. The van der Waals surface area contributed by atoms with Crippen LogP contribution in [0.1, 0.15) is 18.4 Å². The number of hydrazine groups is 1. The summed E-state index contributed by atoms with van der Waals surface area (Å²) in [6, 6.07) is 9.75. The Labute approximate surface area is 135 Å². The molecule has 0 bridgehead atoms. The molecule has 1 saturated heterocycles. The Morgan fingerprint density at radius 3 is 2.82 bits per heavy atom. The van der Waals surface area contributed by atoms with E-state index in [2.05, 4.69) is 23.0 Å². The van der Waals surface area contributed by atoms with Crippen LogP contribution >= 0.6 is 11.6 Å². The van der Waals surface area contributed by atoms with Crippen molar-refractivity contribution in [3.05, 3.63) is 28.8 Å². The normalized spacial score (nSPS) is 23.8. The number of nitrogens with one attached hydrogen (secondary N) is 2. The van der Waals surface area contributed by atoms with Gasteiger partial charge in [-0.1, -0.05) is 11.6 Å². The molecule has 1 heterocycles. The molecule has 1 aliphatic rings. The van der Waals surface area contributed by atoms with Gasteiger partial charge in [-0.3, -0.25) is 5.43 Å². The fraction of sp³-hybridized carbons (Fsp3) is 0.467. The van der Waals surface area contributed by atoms with Crippen molar-refractivity contribution >= 4 is 17.3 Å². The smallest absolute Gasteiger partial charge is 0.101 e. The summed E-state index contributed by atoms with van der Waals surface area (Å²) in [5.74, 6) is -0.226. The predicted molar refractivity (Wildman–Crippen MR) is 85.8 cm³/mol. The van der Waals surface area contributed by atoms with Gasteiger partial charge in [0.2, 0.25) is 0 Å². The summed E-state index contributed by atoms with van der Waals surface area (Å²) in [7, 11) is 1.94. The van der Waals surface area contributed by atoms with Gasteiger partial charge in [-0.15, -0.1) is 0 Å². The van der Waals surface area contributed by atoms with Gasteiger partial charge in [-0.25, -0.2) is 5.43 Å². The fourth-order valence-corrected chi connectivity index (χ4v) is 2.83. The van der Waals surface area contributed by atoms with E-state index >= 15 is 0 Å². The van der Waals surface area contributed by atoms with Crippen molar-refractivity contribution in [2.24, 2.45) is 11.7 Å². The van der Waals surface area contributed by atoms with Crippen LogP contribution in [0.3, 0.4) is 0 Å². The van der Waals surface area contributed by atoms with Gasteiger partial charge < -0.3 is 10.6 Å². The number of nitriles is 2. The second-order valence-corrected chi connectivity index (χ2v) is 5.85. The molecule has 0 saturated carbocycles. The lowest BCUT2D eigenvalue weighted by molar-refractivity contribution is 0.464. The summed E-state index contributed by atoms with van der Waals surface area (Å²) >= 11 is 5.91. The molecule has 3 unspecified atom stereocenters. The van der Waals surface area contributed by atoms with Crippen molar-refractivity contribution < 1.29 is 0 Å². The van der Waals surface area contributed by atoms with Gasteiger partial charge in [0.05, 0.1) is 29.4 Å². The van der Waals surface area contributed by atoms with Gasteiger partial charge in [0.1, 0.15) is 6.07 Å². The van der Waals surface area contributed by atoms with Crippen LogP contribution in [0.2, 0.25) is 5.02 Å². The topological polar surface area (TPSA) is 101 Å². The maximum atomic E-state index is 9.18. The average Bonchev–Trinajstić information content (AvgIpc) is 2.87. The Morgan fingerprint density at radius 2 is 2.14 bits per heavy atom. The van der Waals surface area contributed by atoms with Crippen LogP contribution in [-0.2, 0) is 0 Å². The summed E-state index contributed by atoms with van der Waals surface area (Å²) in [5, 5.41) is 18.9. The molecule has 1 aromatic carbocycles. The number of rotatable bonds is 5. The first-order chi connectivity index (χ1) is 10.6. The molecule has 0 aromatic heterocycles. The van der Waals surface area contributed by atoms with E-state index in [1.807, 2.05) is 18.0 Å². The van der Waals surface area contributed by atoms with Crippen molar-refractivity contribution in [2.75, 3.05) is 18.5 Å². The largest absolute Gasteiger partial charge is 0.374 e. The van der Waals surface area contributed by atoms with E-state index < -0.39 is 0 Å². The minimum Gasteiger partial charge on any atom is -0.374 e. The van der Waals surface area contributed by atoms with Gasteiger partial charge in [-0.2, -0.15) is 10.5 Å². The van der Waals surface area contributed by atoms with Crippen molar-refractivity contribution in [3.63, 3.8) is 0 Å². The van der Waals surface area contributed by atoms with E-state index in [0.29, 0.717) is 10.6 Å². The number of nitrogens with zero attached hydrogens (tertiary/aromatic N) is 3. The predicted octanol–water partition coefficient (Wildman–Crippen LogP) is 1.33. The van der Waals surface area contributed by atoms with Gasteiger partial charge in [-0.05, 0) is 31.0 Å². The molecule has 116 valence electrons. The number of benzene rings is 1. The molecule has 6 nitrogen and oxygen atoms in total. The molecular formula is C15H19ClN6. The van der Waals surface area contributed by atoms with Crippen LogP contribution in [0.25, 0.3) is 0 Å². The Kier molecular flexibility index (Phi) is 5.59. The monoisotopic (exact) mass is 318 g/mol. The molecule has 2 rings (SSSR count). The third-order valence-corrected chi connectivity index (χ3v) is 4.14. The quantitative estimate of drug-likeness (QED) is 0.757. The van der Waals surface area contributed by atoms with Crippen LogP contribution in [0.5, 0.6) is 0 Å². The molecule has 22 heavy (non-hydrogen) atoms. The zero-order valence-corrected chi connectivity index (χ0v) is 13.1. The highest BCUT2D eigenvalue weighted by Gasteiger charge is 2.32. The lowest BCUT2D eigenvalue weighted by atomic mass is 9.97. The van der Waals surface area contributed by atoms with Crippen LogP contribution in [0.4, 0.5) is 5.69 Å². The first kappa shape index (κ1) is 16.5. The van der Waals surface area contributed by atoms with Crippen molar-refractivity contribution in [1.29, 1.82) is 10.5 Å². The van der Waals surface area contributed by atoms with Gasteiger partial charge in [0.25, 0.3) is 0 Å². The summed E-state index contributed by atoms with van der Waals surface area (Å²) in [4.78, 5) is 2.03. The van der Waals surface area contributed by atoms with E-state index in [4.69, 9.17) is 22.6 Å². The minimum atomic E-state index is -0.325. The molecule has 0 radical (unpaired) electrons. The highest BCUT2D eigenvalue weighted by Crippen LogP contribution is 2.23. The van der Waals surface area contributed by atoms with E-state index in [-0.39, 0.29) is 18.1 Å². The molecule has 4 N–H and O–H groups in total. The minimum absolute atomic E-state index is 0.0501. The van der Waals surface area contributed by atoms with Gasteiger partial charge in [0.15, 0.2) is 0 Å². The summed E-state index contributed by atoms with van der Waals surface area (Å²) in [5.41, 5.74) is 13.2. The van der Waals surface area contributed by atoms with E-state index in [1.54, 1.807) is 12.1 Å². The first-order valence-electron chi connectivity index (χ1n) is 7.14. The molecular weight excluding hydrogens is 300 g/mol. The molecule has 7 heteroatoms. The molecule has 0 amide bonds. The molecule has 3 atom stereocenters. The lowest BCUT2D eigenvalue weighted by Gasteiger charge is -2.22. The summed E-state index contributed by atoms with van der Waals surface area (Å²) < 4.78 is 0. The van der Waals surface area contributed by atoms with Gasteiger partial charge >= 0.3 is 0 Å². The summed E-state index contributed by atoms with van der Waals surface area (Å²) in [6.45, 7) is 0.780. The molecule has 0 spiro atoms. The SMILES string of the molecule is CN(CCCC1NNC(N)C1C#N)c1ccc(Cl)cc1C#N. The Morgan fingerprint density at radius 1 is 1.36 bits per heavy atom. The van der Waals surface area contributed by atoms with Crippen LogP contribution < -0.4 is 21.5 Å². The van der Waals surface area contributed by atoms with E-state index in [0.717, 1.165) is 25.1 Å². The van der Waals surface area contributed by atoms with Crippen molar-refractivity contribution in [1.82, 2.24) is 10.9 Å². The molecule has 0 aliphatic carbocycles. The average molecular weight is 319 g/mol. The fourth-order valence-electron chi connectivity index (χ4n) is 2.65. The van der Waals surface area contributed by atoms with Crippen molar-refractivity contribution in [2.45, 2.75) is 25.0 Å². The second kappa shape index (κ2) is 7.44. The number of anilines is 1. The van der Waals surface area contributed by atoms with Crippen molar-refractivity contribution in [3.8, 4) is 12.1 Å². The highest BCUT2D eigenvalue weighted by molar-refractivity contribution is 6.30. The number of nitrogens with two attached hydrogens (primary N) is 1. The number of hydrogen-bond acceptors (Lipinski definition) is 6. The van der Waals surface area contributed by atoms with Gasteiger partial charge in [0, 0.05) is 24.7 Å². The highest BCUT2D eigenvalue weighted by atomic mass is 35.5. The molecule has 1 fully saturated rings. The third-order valence-electron chi connectivity index (χ3n) is 3.90. The lowest BCUT2D eigenvalue weighted by Crippen LogP contribution is -2.38.